The number of aromatic nitrogens is 2. The Bertz CT molecular complexity index is 1070. The second-order valence-electron chi connectivity index (χ2n) is 7.43. The predicted molar refractivity (Wildman–Crippen MR) is 114 cm³/mol. The second kappa shape index (κ2) is 8.10. The van der Waals surface area contributed by atoms with Crippen molar-refractivity contribution in [3.63, 3.8) is 0 Å². The third kappa shape index (κ3) is 3.70. The lowest BCUT2D eigenvalue weighted by atomic mass is 9.89. The topological polar surface area (TPSA) is 74.6 Å². The van der Waals surface area contributed by atoms with Crippen LogP contribution in [0.1, 0.15) is 37.4 Å². The zero-order valence-electron chi connectivity index (χ0n) is 17.5. The maximum absolute atomic E-state index is 12.5. The number of amides is 1. The Morgan fingerprint density at radius 3 is 2.67 bits per heavy atom. The van der Waals surface area contributed by atoms with Gasteiger partial charge in [-0.2, -0.15) is 0 Å². The molecule has 2 heterocycles. The Balaban J connectivity index is 1.74. The SMILES string of the molecule is COc1cccc(-n2cnc3c2NC(=O)C[C@@H]3c2ccc(OC(C)C)c(OC)c2)c1. The summed E-state index contributed by atoms with van der Waals surface area (Å²) in [4.78, 5) is 17.2. The van der Waals surface area contributed by atoms with Gasteiger partial charge in [-0.05, 0) is 43.7 Å². The van der Waals surface area contributed by atoms with E-state index in [1.165, 1.54) is 0 Å². The summed E-state index contributed by atoms with van der Waals surface area (Å²) in [5.41, 5.74) is 2.63. The van der Waals surface area contributed by atoms with Gasteiger partial charge in [0.1, 0.15) is 17.9 Å². The van der Waals surface area contributed by atoms with E-state index in [2.05, 4.69) is 10.3 Å². The summed E-state index contributed by atoms with van der Waals surface area (Å²) in [6.45, 7) is 3.94. The van der Waals surface area contributed by atoms with Gasteiger partial charge in [0.05, 0.1) is 31.7 Å². The number of ether oxygens (including phenoxy) is 3. The molecule has 4 rings (SSSR count). The summed E-state index contributed by atoms with van der Waals surface area (Å²) >= 11 is 0. The third-order valence-electron chi connectivity index (χ3n) is 5.06. The fourth-order valence-corrected chi connectivity index (χ4v) is 3.69. The van der Waals surface area contributed by atoms with Crippen LogP contribution in [-0.2, 0) is 4.79 Å². The molecule has 0 aliphatic carbocycles. The smallest absolute Gasteiger partial charge is 0.226 e. The molecular weight excluding hydrogens is 382 g/mol. The molecule has 1 N–H and O–H groups in total. The van der Waals surface area contributed by atoms with Crippen molar-refractivity contribution in [2.24, 2.45) is 0 Å². The highest BCUT2D eigenvalue weighted by atomic mass is 16.5. The summed E-state index contributed by atoms with van der Waals surface area (Å²) in [7, 11) is 3.24. The molecule has 7 heteroatoms. The standard InChI is InChI=1S/C23H25N3O4/c1-14(2)30-19-9-8-15(10-20(19)29-4)18-12-21(27)25-23-22(18)24-13-26(23)16-6-5-7-17(11-16)28-3/h5-11,13-14,18H,12H2,1-4H3,(H,25,27)/t18-/m1/s1. The Morgan fingerprint density at radius 1 is 1.10 bits per heavy atom. The number of nitrogens with zero attached hydrogens (tertiary/aromatic N) is 2. The number of carbonyl (C=O) groups is 1. The fraction of sp³-hybridized carbons (Fsp3) is 0.304. The van der Waals surface area contributed by atoms with Crippen LogP contribution >= 0.6 is 0 Å². The van der Waals surface area contributed by atoms with Crippen LogP contribution in [0.3, 0.4) is 0 Å². The van der Waals surface area contributed by atoms with E-state index in [1.807, 2.05) is 60.9 Å². The van der Waals surface area contributed by atoms with Gasteiger partial charge in [0, 0.05) is 18.4 Å². The minimum atomic E-state index is -0.178. The molecule has 0 saturated heterocycles. The number of methoxy groups -OCH3 is 2. The van der Waals surface area contributed by atoms with Crippen LogP contribution in [-0.4, -0.2) is 35.8 Å². The monoisotopic (exact) mass is 407 g/mol. The van der Waals surface area contributed by atoms with E-state index in [9.17, 15) is 4.79 Å². The molecule has 3 aromatic rings. The molecule has 1 atom stereocenters. The van der Waals surface area contributed by atoms with E-state index in [1.54, 1.807) is 20.5 Å². The van der Waals surface area contributed by atoms with Gasteiger partial charge in [-0.1, -0.05) is 12.1 Å². The summed E-state index contributed by atoms with van der Waals surface area (Å²) in [6.07, 6.45) is 2.08. The fourth-order valence-electron chi connectivity index (χ4n) is 3.69. The zero-order valence-corrected chi connectivity index (χ0v) is 17.5. The third-order valence-corrected chi connectivity index (χ3v) is 5.06. The van der Waals surface area contributed by atoms with Crippen LogP contribution in [0.15, 0.2) is 48.8 Å². The lowest BCUT2D eigenvalue weighted by Crippen LogP contribution is -2.25. The van der Waals surface area contributed by atoms with Crippen LogP contribution < -0.4 is 19.5 Å². The molecule has 0 saturated carbocycles. The van der Waals surface area contributed by atoms with Gasteiger partial charge in [-0.25, -0.2) is 4.98 Å². The van der Waals surface area contributed by atoms with Gasteiger partial charge in [0.25, 0.3) is 0 Å². The van der Waals surface area contributed by atoms with Crippen molar-refractivity contribution in [1.29, 1.82) is 0 Å². The van der Waals surface area contributed by atoms with Crippen LogP contribution in [0.5, 0.6) is 17.2 Å². The van der Waals surface area contributed by atoms with E-state index in [0.717, 1.165) is 22.7 Å². The number of fused-ring (bicyclic) bond motifs is 1. The molecule has 156 valence electrons. The van der Waals surface area contributed by atoms with Crippen LogP contribution in [0.2, 0.25) is 0 Å². The van der Waals surface area contributed by atoms with Crippen molar-refractivity contribution in [1.82, 2.24) is 9.55 Å². The van der Waals surface area contributed by atoms with Crippen LogP contribution in [0.25, 0.3) is 5.69 Å². The molecule has 1 aliphatic heterocycles. The molecule has 0 unspecified atom stereocenters. The Labute approximate surface area is 175 Å². The van der Waals surface area contributed by atoms with E-state index in [-0.39, 0.29) is 17.9 Å². The van der Waals surface area contributed by atoms with Crippen LogP contribution in [0.4, 0.5) is 5.82 Å². The summed E-state index contributed by atoms with van der Waals surface area (Å²) in [5.74, 6) is 2.49. The number of hydrogen-bond donors (Lipinski definition) is 1. The largest absolute Gasteiger partial charge is 0.497 e. The van der Waals surface area contributed by atoms with Crippen molar-refractivity contribution < 1.29 is 19.0 Å². The second-order valence-corrected chi connectivity index (χ2v) is 7.43. The lowest BCUT2D eigenvalue weighted by molar-refractivity contribution is -0.116. The molecule has 1 aliphatic rings. The van der Waals surface area contributed by atoms with Gasteiger partial charge in [-0.15, -0.1) is 0 Å². The number of hydrogen-bond acceptors (Lipinski definition) is 5. The average molecular weight is 407 g/mol. The molecule has 0 fully saturated rings. The number of imidazole rings is 1. The summed E-state index contributed by atoms with van der Waals surface area (Å²) < 4.78 is 18.5. The first-order chi connectivity index (χ1) is 14.5. The zero-order chi connectivity index (χ0) is 21.3. The predicted octanol–water partition coefficient (Wildman–Crippen LogP) is 4.15. The van der Waals surface area contributed by atoms with Crippen molar-refractivity contribution in [3.05, 3.63) is 60.0 Å². The minimum Gasteiger partial charge on any atom is -0.497 e. The van der Waals surface area contributed by atoms with Crippen molar-refractivity contribution in [3.8, 4) is 22.9 Å². The highest BCUT2D eigenvalue weighted by Crippen LogP contribution is 2.40. The van der Waals surface area contributed by atoms with E-state index in [4.69, 9.17) is 14.2 Å². The molecular formula is C23H25N3O4. The molecule has 7 nitrogen and oxygen atoms in total. The van der Waals surface area contributed by atoms with Crippen molar-refractivity contribution in [2.75, 3.05) is 19.5 Å². The lowest BCUT2D eigenvalue weighted by Gasteiger charge is -2.24. The summed E-state index contributed by atoms with van der Waals surface area (Å²) in [5, 5.41) is 2.98. The molecule has 0 bridgehead atoms. The molecule has 1 aromatic heterocycles. The van der Waals surface area contributed by atoms with Gasteiger partial charge >= 0.3 is 0 Å². The van der Waals surface area contributed by atoms with Crippen molar-refractivity contribution >= 4 is 11.7 Å². The average Bonchev–Trinajstić information content (AvgIpc) is 3.17. The molecule has 30 heavy (non-hydrogen) atoms. The van der Waals surface area contributed by atoms with Crippen LogP contribution in [0, 0.1) is 0 Å². The Morgan fingerprint density at radius 2 is 1.93 bits per heavy atom. The van der Waals surface area contributed by atoms with Gasteiger partial charge < -0.3 is 19.5 Å². The van der Waals surface area contributed by atoms with E-state index in [0.29, 0.717) is 23.7 Å². The molecule has 1 amide bonds. The Kier molecular flexibility index (Phi) is 5.35. The maximum Gasteiger partial charge on any atom is 0.226 e. The van der Waals surface area contributed by atoms with Crippen molar-refractivity contribution in [2.45, 2.75) is 32.3 Å². The minimum absolute atomic E-state index is 0.0374. The Hall–Kier alpha value is -3.48. The summed E-state index contributed by atoms with van der Waals surface area (Å²) in [6, 6.07) is 13.4. The van der Waals surface area contributed by atoms with E-state index >= 15 is 0 Å². The highest BCUT2D eigenvalue weighted by molar-refractivity contribution is 5.94. The normalized spacial score (nSPS) is 15.5. The molecule has 0 spiro atoms. The number of nitrogens with one attached hydrogen (secondary N) is 1. The van der Waals surface area contributed by atoms with Gasteiger partial charge in [0.15, 0.2) is 11.5 Å². The quantitative estimate of drug-likeness (QED) is 0.664. The first-order valence-electron chi connectivity index (χ1n) is 9.86. The first kappa shape index (κ1) is 19.8. The number of rotatable bonds is 6. The maximum atomic E-state index is 12.5. The van der Waals surface area contributed by atoms with Gasteiger partial charge in [0.2, 0.25) is 5.91 Å². The van der Waals surface area contributed by atoms with Gasteiger partial charge in [-0.3, -0.25) is 9.36 Å². The van der Waals surface area contributed by atoms with E-state index < -0.39 is 0 Å². The highest BCUT2D eigenvalue weighted by Gasteiger charge is 2.31. The first-order valence-corrected chi connectivity index (χ1v) is 9.86. The number of anilines is 1. The molecule has 0 radical (unpaired) electrons. The number of carbonyl (C=O) groups excluding carboxylic acids is 1. The number of benzene rings is 2. The molecule has 2 aromatic carbocycles.